The highest BCUT2D eigenvalue weighted by atomic mass is 16.2. The third-order valence-electron chi connectivity index (χ3n) is 5.47. The Kier molecular flexibility index (Phi) is 4.38. The first-order valence-corrected chi connectivity index (χ1v) is 9.26. The summed E-state index contributed by atoms with van der Waals surface area (Å²) in [5.74, 6) is 0. The molecule has 2 atom stereocenters. The lowest BCUT2D eigenvalue weighted by Gasteiger charge is -2.27. The molecule has 5 heteroatoms. The van der Waals surface area contributed by atoms with Crippen molar-refractivity contribution in [3.8, 4) is 0 Å². The summed E-state index contributed by atoms with van der Waals surface area (Å²) in [7, 11) is 0. The quantitative estimate of drug-likeness (QED) is 0.898. The fourth-order valence-electron chi connectivity index (χ4n) is 4.24. The normalized spacial score (nSPS) is 22.3. The van der Waals surface area contributed by atoms with Crippen LogP contribution in [-0.2, 0) is 6.42 Å². The number of rotatable bonds is 4. The summed E-state index contributed by atoms with van der Waals surface area (Å²) in [6.45, 7) is 4.61. The molecule has 25 heavy (non-hydrogen) atoms. The van der Waals surface area contributed by atoms with E-state index in [1.54, 1.807) is 0 Å². The van der Waals surface area contributed by atoms with Crippen molar-refractivity contribution >= 4 is 11.7 Å². The van der Waals surface area contributed by atoms with E-state index in [1.165, 1.54) is 11.3 Å². The topological polar surface area (TPSA) is 51.4 Å². The maximum absolute atomic E-state index is 12.6. The standard InChI is InChI=1S/C20H26N4O/c1-15-14-16-6-2-3-8-18(16)23(15)13-11-22-20(25)24-12-5-9-19(24)17-7-4-10-21-17/h2-4,6-8,10,15,19,21H,5,9,11-14H2,1H3,(H,22,25)/t15-,19-/m1/s1. The van der Waals surface area contributed by atoms with E-state index in [0.717, 1.165) is 38.0 Å². The molecule has 0 aliphatic carbocycles. The van der Waals surface area contributed by atoms with E-state index in [2.05, 4.69) is 52.5 Å². The van der Waals surface area contributed by atoms with Crippen molar-refractivity contribution in [2.45, 2.75) is 38.3 Å². The van der Waals surface area contributed by atoms with Crippen LogP contribution in [0.3, 0.4) is 0 Å². The van der Waals surface area contributed by atoms with E-state index in [1.807, 2.05) is 17.2 Å². The number of aromatic nitrogens is 1. The first-order chi connectivity index (χ1) is 12.2. The van der Waals surface area contributed by atoms with Gasteiger partial charge in [-0.1, -0.05) is 18.2 Å². The Balaban J connectivity index is 1.34. The molecule has 2 aliphatic heterocycles. The first-order valence-electron chi connectivity index (χ1n) is 9.26. The summed E-state index contributed by atoms with van der Waals surface area (Å²) >= 11 is 0. The molecule has 2 N–H and O–H groups in total. The molecule has 132 valence electrons. The average molecular weight is 338 g/mol. The maximum atomic E-state index is 12.6. The highest BCUT2D eigenvalue weighted by Crippen LogP contribution is 2.32. The second-order valence-electron chi connectivity index (χ2n) is 7.08. The number of H-pyrrole nitrogens is 1. The fourth-order valence-corrected chi connectivity index (χ4v) is 4.24. The SMILES string of the molecule is C[C@@H]1Cc2ccccc2N1CCNC(=O)N1CCC[C@@H]1c1ccc[nH]1. The van der Waals surface area contributed by atoms with Crippen LogP contribution in [0.4, 0.5) is 10.5 Å². The Morgan fingerprint density at radius 3 is 3.00 bits per heavy atom. The number of hydrogen-bond donors (Lipinski definition) is 2. The Morgan fingerprint density at radius 1 is 1.28 bits per heavy atom. The number of nitrogens with zero attached hydrogens (tertiary/aromatic N) is 2. The molecule has 2 aliphatic rings. The van der Waals surface area contributed by atoms with Gasteiger partial charge in [-0.15, -0.1) is 0 Å². The maximum Gasteiger partial charge on any atom is 0.318 e. The second-order valence-corrected chi connectivity index (χ2v) is 7.08. The number of urea groups is 1. The number of amides is 2. The number of likely N-dealkylation sites (tertiary alicyclic amines) is 1. The Hall–Kier alpha value is -2.43. The van der Waals surface area contributed by atoms with Gasteiger partial charge in [0, 0.05) is 43.3 Å². The molecule has 0 radical (unpaired) electrons. The predicted molar refractivity (Wildman–Crippen MR) is 99.8 cm³/mol. The molecular formula is C20H26N4O. The van der Waals surface area contributed by atoms with Crippen LogP contribution in [-0.4, -0.2) is 41.6 Å². The van der Waals surface area contributed by atoms with E-state index >= 15 is 0 Å². The number of fused-ring (bicyclic) bond motifs is 1. The van der Waals surface area contributed by atoms with Gasteiger partial charge in [-0.3, -0.25) is 0 Å². The van der Waals surface area contributed by atoms with Crippen LogP contribution in [0, 0.1) is 0 Å². The number of para-hydroxylation sites is 1. The minimum Gasteiger partial charge on any atom is -0.367 e. The smallest absolute Gasteiger partial charge is 0.318 e. The van der Waals surface area contributed by atoms with Gasteiger partial charge in [-0.05, 0) is 49.9 Å². The number of carbonyl (C=O) groups is 1. The number of anilines is 1. The zero-order valence-electron chi connectivity index (χ0n) is 14.7. The number of hydrogen-bond acceptors (Lipinski definition) is 2. The van der Waals surface area contributed by atoms with Crippen LogP contribution in [0.2, 0.25) is 0 Å². The van der Waals surface area contributed by atoms with Crippen LogP contribution >= 0.6 is 0 Å². The molecule has 2 amide bonds. The molecule has 1 fully saturated rings. The van der Waals surface area contributed by atoms with Crippen molar-refractivity contribution in [2.75, 3.05) is 24.5 Å². The van der Waals surface area contributed by atoms with Gasteiger partial charge in [0.05, 0.1) is 6.04 Å². The second kappa shape index (κ2) is 6.82. The van der Waals surface area contributed by atoms with Crippen molar-refractivity contribution < 1.29 is 4.79 Å². The summed E-state index contributed by atoms with van der Waals surface area (Å²) in [6.07, 6.45) is 5.11. The molecule has 1 aromatic carbocycles. The lowest BCUT2D eigenvalue weighted by Crippen LogP contribution is -2.43. The number of aromatic amines is 1. The minimum atomic E-state index is 0.0530. The van der Waals surface area contributed by atoms with Gasteiger partial charge in [0.1, 0.15) is 0 Å². The molecule has 5 nitrogen and oxygen atoms in total. The highest BCUT2D eigenvalue weighted by molar-refractivity contribution is 5.75. The third kappa shape index (κ3) is 3.11. The van der Waals surface area contributed by atoms with Crippen molar-refractivity contribution in [3.63, 3.8) is 0 Å². The van der Waals surface area contributed by atoms with Gasteiger partial charge < -0.3 is 20.1 Å². The van der Waals surface area contributed by atoms with Gasteiger partial charge in [0.15, 0.2) is 0 Å². The monoisotopic (exact) mass is 338 g/mol. The summed E-state index contributed by atoms with van der Waals surface area (Å²) in [5.41, 5.74) is 3.86. The Morgan fingerprint density at radius 2 is 2.16 bits per heavy atom. The molecule has 0 spiro atoms. The zero-order chi connectivity index (χ0) is 17.2. The van der Waals surface area contributed by atoms with Crippen molar-refractivity contribution in [1.82, 2.24) is 15.2 Å². The molecule has 0 bridgehead atoms. The molecule has 3 heterocycles. The van der Waals surface area contributed by atoms with Crippen LogP contribution < -0.4 is 10.2 Å². The van der Waals surface area contributed by atoms with E-state index < -0.39 is 0 Å². The van der Waals surface area contributed by atoms with Gasteiger partial charge in [-0.2, -0.15) is 0 Å². The molecule has 2 aromatic rings. The molecular weight excluding hydrogens is 312 g/mol. The zero-order valence-corrected chi connectivity index (χ0v) is 14.7. The highest BCUT2D eigenvalue weighted by Gasteiger charge is 2.31. The fraction of sp³-hybridized carbons (Fsp3) is 0.450. The largest absolute Gasteiger partial charge is 0.367 e. The number of benzene rings is 1. The van der Waals surface area contributed by atoms with Gasteiger partial charge in [-0.25, -0.2) is 4.79 Å². The van der Waals surface area contributed by atoms with Crippen LogP contribution in [0.5, 0.6) is 0 Å². The molecule has 4 rings (SSSR count). The van der Waals surface area contributed by atoms with E-state index in [9.17, 15) is 4.79 Å². The van der Waals surface area contributed by atoms with Crippen molar-refractivity contribution in [2.24, 2.45) is 0 Å². The van der Waals surface area contributed by atoms with Gasteiger partial charge in [0.25, 0.3) is 0 Å². The van der Waals surface area contributed by atoms with E-state index in [-0.39, 0.29) is 12.1 Å². The van der Waals surface area contributed by atoms with Crippen molar-refractivity contribution in [1.29, 1.82) is 0 Å². The summed E-state index contributed by atoms with van der Waals surface area (Å²) in [6, 6.07) is 13.4. The molecule has 0 unspecified atom stereocenters. The van der Waals surface area contributed by atoms with E-state index in [0.29, 0.717) is 12.6 Å². The average Bonchev–Trinajstić information content (AvgIpc) is 3.34. The number of carbonyl (C=O) groups excluding carboxylic acids is 1. The van der Waals surface area contributed by atoms with E-state index in [4.69, 9.17) is 0 Å². The third-order valence-corrected chi connectivity index (χ3v) is 5.47. The Bertz CT molecular complexity index is 727. The molecule has 0 saturated carbocycles. The minimum absolute atomic E-state index is 0.0530. The lowest BCUT2D eigenvalue weighted by atomic mass is 10.1. The van der Waals surface area contributed by atoms with Crippen LogP contribution in [0.1, 0.15) is 37.1 Å². The summed E-state index contributed by atoms with van der Waals surface area (Å²) in [4.78, 5) is 20.3. The first kappa shape index (κ1) is 16.1. The Labute approximate surface area is 149 Å². The lowest BCUT2D eigenvalue weighted by molar-refractivity contribution is 0.192. The molecule has 1 aromatic heterocycles. The summed E-state index contributed by atoms with van der Waals surface area (Å²) < 4.78 is 0. The van der Waals surface area contributed by atoms with Crippen LogP contribution in [0.25, 0.3) is 0 Å². The molecule has 1 saturated heterocycles. The van der Waals surface area contributed by atoms with Crippen LogP contribution in [0.15, 0.2) is 42.6 Å². The predicted octanol–water partition coefficient (Wildman–Crippen LogP) is 3.31. The summed E-state index contributed by atoms with van der Waals surface area (Å²) in [5, 5.41) is 3.13. The number of nitrogens with one attached hydrogen (secondary N) is 2. The van der Waals surface area contributed by atoms with Crippen molar-refractivity contribution in [3.05, 3.63) is 53.9 Å². The van der Waals surface area contributed by atoms with Gasteiger partial charge in [0.2, 0.25) is 0 Å². The van der Waals surface area contributed by atoms with Gasteiger partial charge >= 0.3 is 6.03 Å².